The highest BCUT2D eigenvalue weighted by Gasteiger charge is 2.64. The van der Waals surface area contributed by atoms with Gasteiger partial charge in [-0.3, -0.25) is 9.47 Å². The largest absolute Gasteiger partial charge is 0.433 e. The van der Waals surface area contributed by atoms with Crippen molar-refractivity contribution in [3.63, 3.8) is 0 Å². The third-order valence-electron chi connectivity index (χ3n) is 3.49. The Morgan fingerprint density at radius 2 is 1.11 bits per heavy atom. The molecule has 28 heavy (non-hydrogen) atoms. The molecule has 156 valence electrons. The van der Waals surface area contributed by atoms with E-state index in [1.807, 2.05) is 0 Å². The predicted octanol–water partition coefficient (Wildman–Crippen LogP) is 6.79. The summed E-state index contributed by atoms with van der Waals surface area (Å²) in [4.78, 5) is -10.00. The summed E-state index contributed by atoms with van der Waals surface area (Å²) in [6, 6.07) is 8.15. The fourth-order valence-electron chi connectivity index (χ4n) is 2.17. The van der Waals surface area contributed by atoms with Crippen molar-refractivity contribution in [2.45, 2.75) is 33.6 Å². The topological polar surface area (TPSA) is 18.5 Å². The van der Waals surface area contributed by atoms with Gasteiger partial charge in [-0.1, -0.05) is 42.5 Å². The molecule has 0 radical (unpaired) electrons. The highest BCUT2D eigenvalue weighted by molar-refractivity contribution is 9.10. The Kier molecular flexibility index (Phi) is 6.40. The Morgan fingerprint density at radius 1 is 0.714 bits per heavy atom. The summed E-state index contributed by atoms with van der Waals surface area (Å²) in [7, 11) is 0. The molecule has 0 atom stereocenters. The van der Waals surface area contributed by atoms with E-state index in [2.05, 4.69) is 9.47 Å². The predicted molar refractivity (Wildman–Crippen MR) is 90.0 cm³/mol. The van der Waals surface area contributed by atoms with Crippen LogP contribution in [0.1, 0.15) is 11.5 Å². The van der Waals surface area contributed by atoms with Gasteiger partial charge in [0.2, 0.25) is 5.79 Å². The summed E-state index contributed by atoms with van der Waals surface area (Å²) in [6.07, 6.45) is -7.88. The molecule has 0 N–H and O–H groups in total. The van der Waals surface area contributed by atoms with Crippen LogP contribution in [0.25, 0.3) is 0 Å². The van der Waals surface area contributed by atoms with E-state index in [0.717, 1.165) is 12.2 Å². The van der Waals surface area contributed by atoms with Gasteiger partial charge >= 0.3 is 21.9 Å². The molecule has 2 rings (SSSR count). The molecule has 1 aliphatic carbocycles. The Labute approximate surface area is 170 Å². The number of ether oxygens (including phenoxy) is 2. The van der Waals surface area contributed by atoms with Crippen molar-refractivity contribution in [1.82, 2.24) is 0 Å². The van der Waals surface area contributed by atoms with Gasteiger partial charge in [0.05, 0.1) is 0 Å². The monoisotopic (exact) mass is 544 g/mol. The zero-order valence-corrected chi connectivity index (χ0v) is 16.5. The molecule has 1 aliphatic rings. The van der Waals surface area contributed by atoms with Gasteiger partial charge in [0.25, 0.3) is 0 Å². The molecule has 0 aromatic heterocycles. The van der Waals surface area contributed by atoms with Crippen LogP contribution in [0.4, 0.5) is 35.1 Å². The maximum atomic E-state index is 13.6. The highest BCUT2D eigenvalue weighted by Crippen LogP contribution is 2.49. The Balaban J connectivity index is 2.40. The zero-order valence-electron chi connectivity index (χ0n) is 13.4. The molecule has 0 saturated heterocycles. The van der Waals surface area contributed by atoms with Gasteiger partial charge in [-0.05, 0) is 17.7 Å². The number of allylic oxidation sites excluding steroid dienone is 2. The number of halogens is 10. The number of hydrogen-bond acceptors (Lipinski definition) is 2. The molecule has 0 spiro atoms. The van der Waals surface area contributed by atoms with Crippen molar-refractivity contribution < 1.29 is 44.6 Å². The number of rotatable bonds is 7. The van der Waals surface area contributed by atoms with Crippen LogP contribution in [0.3, 0.4) is 0 Å². The lowest BCUT2D eigenvalue weighted by atomic mass is 9.93. The molecular weight excluding hydrogens is 536 g/mol. The number of hydrogen-bond donors (Lipinski definition) is 0. The Hall–Kier alpha value is -0.980. The van der Waals surface area contributed by atoms with E-state index in [1.165, 1.54) is 31.9 Å². The third kappa shape index (κ3) is 5.14. The van der Waals surface area contributed by atoms with Gasteiger partial charge in [-0.25, -0.2) is 0 Å². The lowest BCUT2D eigenvalue weighted by Crippen LogP contribution is -2.52. The standard InChI is InChI=1S/C16H10Br2F8O2/c17-13(19,20)15(23,24)27-12(28-16(25,26)14(18,21)22)8-6-11(7-9-12)10-4-2-1-3-5-10/h1-9,11H. The van der Waals surface area contributed by atoms with Crippen LogP contribution in [0.15, 0.2) is 54.6 Å². The van der Waals surface area contributed by atoms with E-state index in [4.69, 9.17) is 0 Å². The molecule has 0 unspecified atom stereocenters. The maximum Gasteiger partial charge on any atom is 0.433 e. The summed E-state index contributed by atoms with van der Waals surface area (Å²) in [5.41, 5.74) is 0.582. The summed E-state index contributed by atoms with van der Waals surface area (Å²) < 4.78 is 114. The first-order valence-electron chi connectivity index (χ1n) is 7.32. The van der Waals surface area contributed by atoms with Crippen LogP contribution in [0, 0.1) is 0 Å². The van der Waals surface area contributed by atoms with Gasteiger partial charge in [0.15, 0.2) is 0 Å². The van der Waals surface area contributed by atoms with Crippen LogP contribution in [-0.2, 0) is 9.47 Å². The lowest BCUT2D eigenvalue weighted by Gasteiger charge is -2.38. The van der Waals surface area contributed by atoms with Crippen molar-refractivity contribution in [1.29, 1.82) is 0 Å². The van der Waals surface area contributed by atoms with Crippen molar-refractivity contribution in [2.75, 3.05) is 0 Å². The quantitative estimate of drug-likeness (QED) is 0.163. The average molecular weight is 546 g/mol. The normalized spacial score (nSPS) is 18.5. The van der Waals surface area contributed by atoms with Crippen LogP contribution in [0.5, 0.6) is 0 Å². The van der Waals surface area contributed by atoms with E-state index in [0.29, 0.717) is 17.7 Å². The molecular formula is C16H10Br2F8O2. The first kappa shape index (κ1) is 23.3. The third-order valence-corrected chi connectivity index (χ3v) is 4.41. The highest BCUT2D eigenvalue weighted by atomic mass is 79.9. The molecule has 1 aromatic carbocycles. The van der Waals surface area contributed by atoms with Crippen molar-refractivity contribution in [2.24, 2.45) is 0 Å². The van der Waals surface area contributed by atoms with E-state index < -0.39 is 33.6 Å². The second-order valence-corrected chi connectivity index (χ2v) is 7.60. The van der Waals surface area contributed by atoms with Gasteiger partial charge in [-0.15, -0.1) is 0 Å². The summed E-state index contributed by atoms with van der Waals surface area (Å²) in [5, 5.41) is 0. The van der Waals surface area contributed by atoms with Crippen LogP contribution in [0.2, 0.25) is 0 Å². The fourth-order valence-corrected chi connectivity index (χ4v) is 2.33. The average Bonchev–Trinajstić information content (AvgIpc) is 2.53. The zero-order chi connectivity index (χ0) is 21.4. The molecule has 1 aromatic rings. The van der Waals surface area contributed by atoms with Crippen LogP contribution in [-0.4, -0.2) is 27.7 Å². The van der Waals surface area contributed by atoms with E-state index in [1.54, 1.807) is 30.3 Å². The van der Waals surface area contributed by atoms with E-state index in [-0.39, 0.29) is 0 Å². The Morgan fingerprint density at radius 3 is 1.46 bits per heavy atom. The fraction of sp³-hybridized carbons (Fsp3) is 0.375. The molecule has 0 heterocycles. The summed E-state index contributed by atoms with van der Waals surface area (Å²) in [6.45, 7) is 0. The smallest absolute Gasteiger partial charge is 0.274 e. The first-order valence-corrected chi connectivity index (χ1v) is 8.90. The molecule has 2 nitrogen and oxygen atoms in total. The second kappa shape index (κ2) is 7.69. The van der Waals surface area contributed by atoms with Crippen LogP contribution < -0.4 is 0 Å². The minimum atomic E-state index is -5.39. The van der Waals surface area contributed by atoms with Crippen molar-refractivity contribution in [3.8, 4) is 0 Å². The summed E-state index contributed by atoms with van der Waals surface area (Å²) >= 11 is 2.72. The maximum absolute atomic E-state index is 13.6. The van der Waals surface area contributed by atoms with Crippen molar-refractivity contribution >= 4 is 31.9 Å². The second-order valence-electron chi connectivity index (χ2n) is 5.61. The number of alkyl halides is 10. The molecule has 0 bridgehead atoms. The van der Waals surface area contributed by atoms with Gasteiger partial charge < -0.3 is 0 Å². The van der Waals surface area contributed by atoms with Crippen molar-refractivity contribution in [3.05, 3.63) is 60.2 Å². The minimum absolute atomic E-state index is 0.434. The van der Waals surface area contributed by atoms with Gasteiger partial charge in [0.1, 0.15) is 0 Å². The number of benzene rings is 1. The summed E-state index contributed by atoms with van der Waals surface area (Å²) in [5.74, 6) is -4.06. The first-order chi connectivity index (χ1) is 12.6. The molecule has 0 fully saturated rings. The Bertz CT molecular complexity index is 697. The molecule has 0 aliphatic heterocycles. The minimum Gasteiger partial charge on any atom is -0.274 e. The lowest BCUT2D eigenvalue weighted by molar-refractivity contribution is -0.435. The van der Waals surface area contributed by atoms with E-state index >= 15 is 0 Å². The molecule has 0 amide bonds. The SMILES string of the molecule is FC(F)(Br)C(F)(F)OC1(OC(F)(F)C(F)(F)Br)C=CC(c2ccccc2)C=C1. The molecule has 0 saturated carbocycles. The van der Waals surface area contributed by atoms with Crippen LogP contribution >= 0.6 is 31.9 Å². The van der Waals surface area contributed by atoms with Gasteiger partial charge in [-0.2, -0.15) is 35.1 Å². The molecule has 12 heteroatoms. The van der Waals surface area contributed by atoms with Gasteiger partial charge in [0, 0.05) is 37.8 Å². The van der Waals surface area contributed by atoms with E-state index in [9.17, 15) is 35.1 Å².